The lowest BCUT2D eigenvalue weighted by Gasteiger charge is -1.98. The maximum atomic E-state index is 4.91. The van der Waals surface area contributed by atoms with Gasteiger partial charge in [0.25, 0.3) is 0 Å². The van der Waals surface area contributed by atoms with Crippen molar-refractivity contribution in [3.63, 3.8) is 0 Å². The summed E-state index contributed by atoms with van der Waals surface area (Å²) in [6.45, 7) is 7.53. The molecule has 0 saturated heterocycles. The van der Waals surface area contributed by atoms with Gasteiger partial charge in [0, 0.05) is 24.3 Å². The summed E-state index contributed by atoms with van der Waals surface area (Å²) in [4.78, 5) is 10.9. The molecule has 2 heterocycles. The van der Waals surface area contributed by atoms with E-state index in [1.165, 1.54) is 28.4 Å². The topological polar surface area (TPSA) is 37.8 Å². The molecule has 0 unspecified atom stereocenters. The van der Waals surface area contributed by atoms with Crippen LogP contribution in [0.15, 0.2) is 5.38 Å². The minimum Gasteiger partial charge on any atom is -0.362 e. The SMILES string of the molecule is CCNc1nc(-c2sc(CC(C)C)nc2C2CC2)cs1. The number of thiazole rings is 2. The highest BCUT2D eigenvalue weighted by Gasteiger charge is 2.31. The molecule has 0 spiro atoms. The first-order valence-corrected chi connectivity index (χ1v) is 9.06. The van der Waals surface area contributed by atoms with Crippen molar-refractivity contribution in [2.24, 2.45) is 5.92 Å². The van der Waals surface area contributed by atoms with Crippen LogP contribution >= 0.6 is 22.7 Å². The van der Waals surface area contributed by atoms with Crippen LogP contribution < -0.4 is 5.32 Å². The van der Waals surface area contributed by atoms with Gasteiger partial charge in [0.15, 0.2) is 5.13 Å². The molecular formula is C15H21N3S2. The van der Waals surface area contributed by atoms with E-state index in [4.69, 9.17) is 9.97 Å². The normalized spacial score (nSPS) is 15.0. The Bertz CT molecular complexity index is 582. The van der Waals surface area contributed by atoms with E-state index in [1.54, 1.807) is 11.3 Å². The average molecular weight is 307 g/mol. The zero-order valence-electron chi connectivity index (χ0n) is 12.3. The van der Waals surface area contributed by atoms with Gasteiger partial charge in [0.1, 0.15) is 0 Å². The lowest BCUT2D eigenvalue weighted by atomic mass is 10.1. The van der Waals surface area contributed by atoms with E-state index in [0.717, 1.165) is 23.8 Å². The standard InChI is InChI=1S/C15H21N3S2/c1-4-16-15-17-11(8-19-15)14-13(10-5-6-10)18-12(20-14)7-9(2)3/h8-10H,4-7H2,1-3H3,(H,16,17). The van der Waals surface area contributed by atoms with Crippen LogP contribution in [0.5, 0.6) is 0 Å². The van der Waals surface area contributed by atoms with Gasteiger partial charge in [-0.1, -0.05) is 13.8 Å². The molecule has 3 nitrogen and oxygen atoms in total. The van der Waals surface area contributed by atoms with Crippen LogP contribution in [0.4, 0.5) is 5.13 Å². The molecule has 0 aromatic carbocycles. The third-order valence-corrected chi connectivity index (χ3v) is 5.23. The highest BCUT2D eigenvalue weighted by atomic mass is 32.1. The Hall–Kier alpha value is -0.940. The first kappa shape index (κ1) is 14.0. The van der Waals surface area contributed by atoms with Crippen LogP contribution in [0.1, 0.15) is 50.2 Å². The second kappa shape index (κ2) is 5.82. The van der Waals surface area contributed by atoms with E-state index < -0.39 is 0 Å². The second-order valence-corrected chi connectivity index (χ2v) is 7.70. The van der Waals surface area contributed by atoms with Crippen LogP contribution in [0, 0.1) is 5.92 Å². The van der Waals surface area contributed by atoms with Gasteiger partial charge in [-0.15, -0.1) is 22.7 Å². The molecule has 1 aliphatic carbocycles. The molecule has 108 valence electrons. The molecule has 3 rings (SSSR count). The van der Waals surface area contributed by atoms with Crippen LogP contribution in [-0.4, -0.2) is 16.5 Å². The highest BCUT2D eigenvalue weighted by Crippen LogP contribution is 2.46. The summed E-state index contributed by atoms with van der Waals surface area (Å²) in [5, 5.41) is 7.75. The predicted molar refractivity (Wildman–Crippen MR) is 87.9 cm³/mol. The molecule has 1 fully saturated rings. The number of hydrogen-bond donors (Lipinski definition) is 1. The van der Waals surface area contributed by atoms with Crippen molar-refractivity contribution in [1.82, 2.24) is 9.97 Å². The Kier molecular flexibility index (Phi) is 4.08. The Morgan fingerprint density at radius 1 is 1.35 bits per heavy atom. The number of nitrogens with zero attached hydrogens (tertiary/aromatic N) is 2. The molecule has 2 aromatic rings. The maximum Gasteiger partial charge on any atom is 0.183 e. The number of aromatic nitrogens is 2. The van der Waals surface area contributed by atoms with Crippen molar-refractivity contribution in [1.29, 1.82) is 0 Å². The highest BCUT2D eigenvalue weighted by molar-refractivity contribution is 7.16. The van der Waals surface area contributed by atoms with Crippen molar-refractivity contribution >= 4 is 27.8 Å². The van der Waals surface area contributed by atoms with E-state index in [2.05, 4.69) is 31.5 Å². The lowest BCUT2D eigenvalue weighted by Crippen LogP contribution is -1.95. The Morgan fingerprint density at radius 2 is 2.15 bits per heavy atom. The third kappa shape index (κ3) is 3.04. The molecule has 0 amide bonds. The Balaban J connectivity index is 1.91. The van der Waals surface area contributed by atoms with Crippen LogP contribution in [0.25, 0.3) is 10.6 Å². The van der Waals surface area contributed by atoms with Gasteiger partial charge < -0.3 is 5.32 Å². The zero-order valence-corrected chi connectivity index (χ0v) is 13.9. The molecule has 1 saturated carbocycles. The fraction of sp³-hybridized carbons (Fsp3) is 0.600. The van der Waals surface area contributed by atoms with Gasteiger partial charge >= 0.3 is 0 Å². The van der Waals surface area contributed by atoms with Gasteiger partial charge in [-0.2, -0.15) is 0 Å². The van der Waals surface area contributed by atoms with E-state index >= 15 is 0 Å². The quantitative estimate of drug-likeness (QED) is 0.835. The van der Waals surface area contributed by atoms with Crippen molar-refractivity contribution in [2.45, 2.75) is 46.0 Å². The number of rotatable bonds is 6. The first-order chi connectivity index (χ1) is 9.67. The second-order valence-electron chi connectivity index (χ2n) is 5.76. The summed E-state index contributed by atoms with van der Waals surface area (Å²) in [6, 6.07) is 0. The molecule has 0 bridgehead atoms. The summed E-state index contributed by atoms with van der Waals surface area (Å²) in [5.41, 5.74) is 2.42. The maximum absolute atomic E-state index is 4.91. The summed E-state index contributed by atoms with van der Waals surface area (Å²) < 4.78 is 0. The van der Waals surface area contributed by atoms with E-state index in [1.807, 2.05) is 11.3 Å². The van der Waals surface area contributed by atoms with Gasteiger partial charge in [0.05, 0.1) is 21.3 Å². The summed E-state index contributed by atoms with van der Waals surface area (Å²) in [6.07, 6.45) is 3.67. The van der Waals surface area contributed by atoms with Gasteiger partial charge in [-0.05, 0) is 25.7 Å². The van der Waals surface area contributed by atoms with E-state index in [0.29, 0.717) is 11.8 Å². The largest absolute Gasteiger partial charge is 0.362 e. The van der Waals surface area contributed by atoms with E-state index in [-0.39, 0.29) is 0 Å². The minimum atomic E-state index is 0.661. The Morgan fingerprint density at radius 3 is 2.80 bits per heavy atom. The third-order valence-electron chi connectivity index (χ3n) is 3.31. The van der Waals surface area contributed by atoms with Crippen molar-refractivity contribution < 1.29 is 0 Å². The molecule has 1 aliphatic rings. The molecule has 2 aromatic heterocycles. The van der Waals surface area contributed by atoms with Crippen LogP contribution in [0.2, 0.25) is 0 Å². The summed E-state index contributed by atoms with van der Waals surface area (Å²) in [5.74, 6) is 1.35. The number of hydrogen-bond acceptors (Lipinski definition) is 5. The number of nitrogens with one attached hydrogen (secondary N) is 1. The first-order valence-electron chi connectivity index (χ1n) is 7.36. The lowest BCUT2D eigenvalue weighted by molar-refractivity contribution is 0.643. The molecule has 20 heavy (non-hydrogen) atoms. The molecule has 1 N–H and O–H groups in total. The molecule has 0 atom stereocenters. The van der Waals surface area contributed by atoms with Gasteiger partial charge in [-0.25, -0.2) is 9.97 Å². The van der Waals surface area contributed by atoms with Crippen LogP contribution in [-0.2, 0) is 6.42 Å². The Labute approximate surface area is 128 Å². The van der Waals surface area contributed by atoms with Gasteiger partial charge in [-0.3, -0.25) is 0 Å². The number of anilines is 1. The fourth-order valence-electron chi connectivity index (χ4n) is 2.24. The van der Waals surface area contributed by atoms with E-state index in [9.17, 15) is 0 Å². The predicted octanol–water partition coefficient (Wildman–Crippen LogP) is 4.77. The van der Waals surface area contributed by atoms with Gasteiger partial charge in [0.2, 0.25) is 0 Å². The molecular weight excluding hydrogens is 286 g/mol. The fourth-order valence-corrected chi connectivity index (χ4v) is 4.41. The van der Waals surface area contributed by atoms with Crippen LogP contribution in [0.3, 0.4) is 0 Å². The zero-order chi connectivity index (χ0) is 14.1. The molecule has 5 heteroatoms. The van der Waals surface area contributed by atoms with Crippen molar-refractivity contribution in [3.8, 4) is 10.6 Å². The minimum absolute atomic E-state index is 0.661. The monoisotopic (exact) mass is 307 g/mol. The van der Waals surface area contributed by atoms with Crippen molar-refractivity contribution in [3.05, 3.63) is 16.1 Å². The molecule has 0 radical (unpaired) electrons. The summed E-state index contributed by atoms with van der Waals surface area (Å²) >= 11 is 3.54. The smallest absolute Gasteiger partial charge is 0.183 e. The summed E-state index contributed by atoms with van der Waals surface area (Å²) in [7, 11) is 0. The average Bonchev–Trinajstić information content (AvgIpc) is 2.99. The van der Waals surface area contributed by atoms with Crippen molar-refractivity contribution in [2.75, 3.05) is 11.9 Å². The molecule has 0 aliphatic heterocycles.